The number of Topliss-reactive ketones (excluding diaryl/α,β-unsaturated/α-hetero) is 1. The third kappa shape index (κ3) is 4.32. The molecule has 2 spiro atoms. The van der Waals surface area contributed by atoms with E-state index in [0.717, 1.165) is 25.7 Å². The first kappa shape index (κ1) is 28.2. The lowest BCUT2D eigenvalue weighted by Gasteiger charge is -2.50. The zero-order valence-corrected chi connectivity index (χ0v) is 24.8. The van der Waals surface area contributed by atoms with Crippen molar-refractivity contribution in [3.8, 4) is 0 Å². The average Bonchev–Trinajstić information content (AvgIpc) is 3.76. The third-order valence-electron chi connectivity index (χ3n) is 11.0. The largest absolute Gasteiger partial charge is 0.462 e. The van der Waals surface area contributed by atoms with Gasteiger partial charge in [0.15, 0.2) is 23.3 Å². The quantitative estimate of drug-likeness (QED) is 0.286. The summed E-state index contributed by atoms with van der Waals surface area (Å²) in [5.41, 5.74) is -2.92. The molecule has 0 radical (unpaired) electrons. The van der Waals surface area contributed by atoms with E-state index < -0.39 is 47.2 Å². The molecule has 13 atom stereocenters. The van der Waals surface area contributed by atoms with Crippen molar-refractivity contribution >= 4 is 11.8 Å². The normalized spacial score (nSPS) is 54.5. The van der Waals surface area contributed by atoms with Gasteiger partial charge in [-0.2, -0.15) is 0 Å². The van der Waals surface area contributed by atoms with E-state index in [4.69, 9.17) is 28.4 Å². The van der Waals surface area contributed by atoms with Gasteiger partial charge < -0.3 is 33.5 Å². The lowest BCUT2D eigenvalue weighted by molar-refractivity contribution is -0.336. The molecule has 6 aliphatic heterocycles. The second-order valence-electron chi connectivity index (χ2n) is 14.1. The molecule has 226 valence electrons. The van der Waals surface area contributed by atoms with Crippen LogP contribution in [0.1, 0.15) is 79.6 Å². The standard InChI is InChI=1S/C32H44O9/c1-6-23-18(3)9-10-30(39-23)15-21-12-20(38-30)13-25-29(5,40-25)14-17(2)7-8-24-31(41-24)16-36-27-26(33)19(4)11-22(28(34)37-21)32(27,31)35/h7-8,11,17-18,20-25,27,35H,6,9-10,12-16H2,1-5H3/t17-,18-,20-,21-,22-,23+,24-,25-,27-,29-,30+,31-,32+/m0/s1. The lowest BCUT2D eigenvalue weighted by atomic mass is 9.67. The predicted molar refractivity (Wildman–Crippen MR) is 146 cm³/mol. The second kappa shape index (κ2) is 9.44. The topological polar surface area (TPSA) is 116 Å². The molecule has 7 rings (SSSR count). The second-order valence-corrected chi connectivity index (χ2v) is 14.1. The molecular formula is C32H44O9. The SMILES string of the molecule is CC[C@H]1O[C@]2(CC[C@@H]1C)C[C@@H]1C[C@@H](C[C@@H]3O[C@@]3(C)C[C@@H](C)C=C[C@@H]3O[C@@]34CO[C@H]3C(=O)C(C)=C[C@@H](C(=O)O1)[C@@]34O)O2. The van der Waals surface area contributed by atoms with Gasteiger partial charge >= 0.3 is 5.97 Å². The number of epoxide rings is 2. The van der Waals surface area contributed by atoms with Gasteiger partial charge in [0, 0.05) is 25.7 Å². The summed E-state index contributed by atoms with van der Waals surface area (Å²) in [6, 6.07) is 0. The number of aliphatic hydroxyl groups is 1. The predicted octanol–water partition coefficient (Wildman–Crippen LogP) is 3.55. The van der Waals surface area contributed by atoms with Crippen LogP contribution in [-0.2, 0) is 38.0 Å². The van der Waals surface area contributed by atoms with E-state index in [-0.39, 0.29) is 42.2 Å². The first-order valence-corrected chi connectivity index (χ1v) is 15.6. The summed E-state index contributed by atoms with van der Waals surface area (Å²) in [6.07, 6.45) is 8.45. The zero-order valence-electron chi connectivity index (χ0n) is 24.8. The van der Waals surface area contributed by atoms with E-state index in [9.17, 15) is 14.7 Å². The highest BCUT2D eigenvalue weighted by molar-refractivity contribution is 6.03. The van der Waals surface area contributed by atoms with Crippen molar-refractivity contribution < 1.29 is 43.1 Å². The summed E-state index contributed by atoms with van der Waals surface area (Å²) in [4.78, 5) is 27.2. The Bertz CT molecular complexity index is 1180. The van der Waals surface area contributed by atoms with E-state index in [1.807, 2.05) is 6.08 Å². The van der Waals surface area contributed by atoms with Gasteiger partial charge in [-0.05, 0) is 50.5 Å². The van der Waals surface area contributed by atoms with Gasteiger partial charge in [0.05, 0.1) is 30.5 Å². The molecule has 1 N–H and O–H groups in total. The fourth-order valence-corrected chi connectivity index (χ4v) is 8.52. The van der Waals surface area contributed by atoms with Crippen molar-refractivity contribution in [1.82, 2.24) is 0 Å². The summed E-state index contributed by atoms with van der Waals surface area (Å²) in [5.74, 6) is -2.20. The molecule has 0 aromatic carbocycles. The maximum atomic E-state index is 14.0. The minimum atomic E-state index is -1.86. The van der Waals surface area contributed by atoms with Crippen molar-refractivity contribution in [2.24, 2.45) is 17.8 Å². The Hall–Kier alpha value is -1.62. The van der Waals surface area contributed by atoms with E-state index in [1.165, 1.54) is 0 Å². The van der Waals surface area contributed by atoms with Crippen molar-refractivity contribution in [3.05, 3.63) is 23.8 Å². The van der Waals surface area contributed by atoms with Crippen LogP contribution in [0.25, 0.3) is 0 Å². The minimum absolute atomic E-state index is 0.0317. The van der Waals surface area contributed by atoms with Crippen LogP contribution in [0.2, 0.25) is 0 Å². The number of ketones is 1. The summed E-state index contributed by atoms with van der Waals surface area (Å²) in [7, 11) is 0. The molecule has 2 bridgehead atoms. The highest BCUT2D eigenvalue weighted by Crippen LogP contribution is 2.59. The van der Waals surface area contributed by atoms with Gasteiger partial charge in [-0.1, -0.05) is 39.0 Å². The maximum Gasteiger partial charge on any atom is 0.316 e. The summed E-state index contributed by atoms with van der Waals surface area (Å²) >= 11 is 0. The van der Waals surface area contributed by atoms with Crippen LogP contribution in [0.15, 0.2) is 23.8 Å². The van der Waals surface area contributed by atoms with Crippen LogP contribution in [-0.4, -0.2) is 82.7 Å². The molecule has 5 saturated heterocycles. The van der Waals surface area contributed by atoms with Crippen LogP contribution in [0.3, 0.4) is 0 Å². The van der Waals surface area contributed by atoms with Crippen molar-refractivity contribution in [1.29, 1.82) is 0 Å². The van der Waals surface area contributed by atoms with Crippen molar-refractivity contribution in [2.75, 3.05) is 6.61 Å². The van der Waals surface area contributed by atoms with Gasteiger partial charge in [-0.25, -0.2) is 0 Å². The highest BCUT2D eigenvalue weighted by atomic mass is 16.7. The Labute approximate surface area is 241 Å². The fourth-order valence-electron chi connectivity index (χ4n) is 8.52. The first-order valence-electron chi connectivity index (χ1n) is 15.6. The summed E-state index contributed by atoms with van der Waals surface area (Å²) < 4.78 is 37.9. The monoisotopic (exact) mass is 572 g/mol. The molecule has 1 aliphatic carbocycles. The molecule has 41 heavy (non-hydrogen) atoms. The Morgan fingerprint density at radius 3 is 2.61 bits per heavy atom. The van der Waals surface area contributed by atoms with Crippen molar-refractivity contribution in [3.63, 3.8) is 0 Å². The molecule has 0 aromatic rings. The number of esters is 1. The van der Waals surface area contributed by atoms with Crippen LogP contribution in [0.5, 0.6) is 0 Å². The smallest absolute Gasteiger partial charge is 0.316 e. The molecule has 0 saturated carbocycles. The van der Waals surface area contributed by atoms with Crippen LogP contribution in [0.4, 0.5) is 0 Å². The van der Waals surface area contributed by atoms with E-state index in [2.05, 4.69) is 33.8 Å². The number of ether oxygens (including phenoxy) is 6. The summed E-state index contributed by atoms with van der Waals surface area (Å²) in [6.45, 7) is 10.3. The van der Waals surface area contributed by atoms with E-state index in [1.54, 1.807) is 13.0 Å². The number of hydrogen-bond acceptors (Lipinski definition) is 9. The van der Waals surface area contributed by atoms with E-state index in [0.29, 0.717) is 30.8 Å². The van der Waals surface area contributed by atoms with Crippen LogP contribution >= 0.6 is 0 Å². The Morgan fingerprint density at radius 1 is 1.02 bits per heavy atom. The molecule has 7 aliphatic rings. The van der Waals surface area contributed by atoms with Gasteiger partial charge in [0.2, 0.25) is 0 Å². The molecular weight excluding hydrogens is 528 g/mol. The molecule has 6 heterocycles. The Morgan fingerprint density at radius 2 is 1.83 bits per heavy atom. The Balaban J connectivity index is 1.24. The molecule has 0 amide bonds. The van der Waals surface area contributed by atoms with Gasteiger partial charge in [0.1, 0.15) is 23.7 Å². The molecule has 9 heteroatoms. The van der Waals surface area contributed by atoms with Gasteiger partial charge in [-0.15, -0.1) is 0 Å². The number of carbonyl (C=O) groups is 2. The number of fused-ring (bicyclic) bond motifs is 3. The van der Waals surface area contributed by atoms with Crippen LogP contribution in [0, 0.1) is 17.8 Å². The zero-order chi connectivity index (χ0) is 28.9. The number of hydrogen-bond donors (Lipinski definition) is 1. The molecule has 0 unspecified atom stereocenters. The molecule has 9 nitrogen and oxygen atoms in total. The fraction of sp³-hybridized carbons (Fsp3) is 0.812. The molecule has 5 fully saturated rings. The van der Waals surface area contributed by atoms with Crippen LogP contribution < -0.4 is 0 Å². The van der Waals surface area contributed by atoms with Gasteiger partial charge in [0.25, 0.3) is 0 Å². The maximum absolute atomic E-state index is 14.0. The molecule has 0 aromatic heterocycles. The minimum Gasteiger partial charge on any atom is -0.462 e. The van der Waals surface area contributed by atoms with E-state index >= 15 is 0 Å². The number of carbonyl (C=O) groups excluding carboxylic acids is 2. The highest BCUT2D eigenvalue weighted by Gasteiger charge is 2.80. The number of allylic oxidation sites excluding steroid dienone is 1. The van der Waals surface area contributed by atoms with Gasteiger partial charge in [-0.3, -0.25) is 9.59 Å². The first-order chi connectivity index (χ1) is 19.4. The average molecular weight is 573 g/mol. The third-order valence-corrected chi connectivity index (χ3v) is 11.0. The summed E-state index contributed by atoms with van der Waals surface area (Å²) in [5, 5.41) is 12.3. The lowest BCUT2D eigenvalue weighted by Crippen LogP contribution is -2.62. The number of rotatable bonds is 1. The Kier molecular flexibility index (Phi) is 6.48. The van der Waals surface area contributed by atoms with Crippen molar-refractivity contribution in [2.45, 2.75) is 139 Å².